The molecule has 0 radical (unpaired) electrons. The molecule has 0 aliphatic rings. The van der Waals surface area contributed by atoms with E-state index in [9.17, 15) is 4.79 Å². The van der Waals surface area contributed by atoms with Crippen molar-refractivity contribution in [2.75, 3.05) is 13.1 Å². The summed E-state index contributed by atoms with van der Waals surface area (Å²) in [4.78, 5) is 13.5. The van der Waals surface area contributed by atoms with Gasteiger partial charge in [-0.25, -0.2) is 0 Å². The predicted octanol–water partition coefficient (Wildman–Crippen LogP) is 1.37. The normalized spacial score (nSPS) is 12.6. The summed E-state index contributed by atoms with van der Waals surface area (Å²) in [7, 11) is 0. The van der Waals surface area contributed by atoms with Gasteiger partial charge in [-0.1, -0.05) is 6.92 Å². The van der Waals surface area contributed by atoms with Gasteiger partial charge in [0.15, 0.2) is 0 Å². The van der Waals surface area contributed by atoms with E-state index in [1.165, 1.54) is 0 Å². The highest BCUT2D eigenvalue weighted by atomic mass is 16.2. The molecule has 1 unspecified atom stereocenters. The van der Waals surface area contributed by atoms with Crippen LogP contribution >= 0.6 is 0 Å². The molecular formula is C10H22N2O. The molecule has 0 saturated heterocycles. The Bertz CT molecular complexity index is 148. The van der Waals surface area contributed by atoms with Gasteiger partial charge in [-0.15, -0.1) is 0 Å². The molecule has 0 bridgehead atoms. The Kier molecular flexibility index (Phi) is 6.59. The molecule has 0 aromatic carbocycles. The van der Waals surface area contributed by atoms with E-state index in [1.54, 1.807) is 0 Å². The molecule has 2 N–H and O–H groups in total. The molecule has 0 heterocycles. The van der Waals surface area contributed by atoms with Gasteiger partial charge in [0.1, 0.15) is 0 Å². The second-order valence-corrected chi connectivity index (χ2v) is 3.33. The lowest BCUT2D eigenvalue weighted by molar-refractivity contribution is -0.133. The van der Waals surface area contributed by atoms with E-state index in [4.69, 9.17) is 5.73 Å². The predicted molar refractivity (Wildman–Crippen MR) is 55.4 cm³/mol. The maximum atomic E-state index is 11.6. The Hall–Kier alpha value is -0.570. The number of nitrogens with two attached hydrogens (primary N) is 1. The largest absolute Gasteiger partial charge is 0.340 e. The van der Waals surface area contributed by atoms with Crippen molar-refractivity contribution in [3.63, 3.8) is 0 Å². The fourth-order valence-corrected chi connectivity index (χ4v) is 1.35. The molecule has 0 aliphatic heterocycles. The van der Waals surface area contributed by atoms with Gasteiger partial charge >= 0.3 is 0 Å². The highest BCUT2D eigenvalue weighted by molar-refractivity contribution is 5.76. The van der Waals surface area contributed by atoms with Crippen LogP contribution in [0.15, 0.2) is 0 Å². The fraction of sp³-hybridized carbons (Fsp3) is 0.900. The second kappa shape index (κ2) is 6.89. The summed E-state index contributed by atoms with van der Waals surface area (Å²) in [6, 6.07) is 0.357. The second-order valence-electron chi connectivity index (χ2n) is 3.33. The standard InChI is InChI=1S/C10H22N2O/c1-4-9(3)12(5-2)10(13)7-6-8-11/h9H,4-8,11H2,1-3H3. The molecule has 0 spiro atoms. The van der Waals surface area contributed by atoms with Crippen LogP contribution in [-0.4, -0.2) is 29.9 Å². The van der Waals surface area contributed by atoms with Crippen LogP contribution in [0.3, 0.4) is 0 Å². The van der Waals surface area contributed by atoms with Crippen molar-refractivity contribution >= 4 is 5.91 Å². The topological polar surface area (TPSA) is 46.3 Å². The molecule has 0 rings (SSSR count). The van der Waals surface area contributed by atoms with E-state index in [1.807, 2.05) is 11.8 Å². The van der Waals surface area contributed by atoms with Gasteiger partial charge in [-0.2, -0.15) is 0 Å². The van der Waals surface area contributed by atoms with Crippen LogP contribution < -0.4 is 5.73 Å². The zero-order chi connectivity index (χ0) is 10.3. The third-order valence-corrected chi connectivity index (χ3v) is 2.38. The SMILES string of the molecule is CCC(C)N(CC)C(=O)CCCN. The lowest BCUT2D eigenvalue weighted by Crippen LogP contribution is -2.38. The first-order valence-electron chi connectivity index (χ1n) is 5.16. The molecule has 1 amide bonds. The maximum absolute atomic E-state index is 11.6. The molecule has 3 nitrogen and oxygen atoms in total. The van der Waals surface area contributed by atoms with Crippen molar-refractivity contribution in [3.05, 3.63) is 0 Å². The Morgan fingerprint density at radius 1 is 1.46 bits per heavy atom. The zero-order valence-electron chi connectivity index (χ0n) is 9.05. The number of rotatable bonds is 6. The Morgan fingerprint density at radius 3 is 2.46 bits per heavy atom. The Morgan fingerprint density at radius 2 is 2.08 bits per heavy atom. The number of carbonyl (C=O) groups is 1. The molecule has 0 fully saturated rings. The fourth-order valence-electron chi connectivity index (χ4n) is 1.35. The molecule has 0 aromatic heterocycles. The summed E-state index contributed by atoms with van der Waals surface area (Å²) in [6.45, 7) is 7.61. The summed E-state index contributed by atoms with van der Waals surface area (Å²) in [6.07, 6.45) is 2.41. The van der Waals surface area contributed by atoms with Crippen LogP contribution in [0.4, 0.5) is 0 Å². The van der Waals surface area contributed by atoms with E-state index in [2.05, 4.69) is 13.8 Å². The van der Waals surface area contributed by atoms with E-state index < -0.39 is 0 Å². The monoisotopic (exact) mass is 186 g/mol. The minimum atomic E-state index is 0.238. The van der Waals surface area contributed by atoms with E-state index >= 15 is 0 Å². The first-order chi connectivity index (χ1) is 6.17. The van der Waals surface area contributed by atoms with E-state index in [0.717, 1.165) is 19.4 Å². The zero-order valence-corrected chi connectivity index (χ0v) is 9.05. The van der Waals surface area contributed by atoms with Crippen molar-refractivity contribution in [2.45, 2.75) is 46.1 Å². The third kappa shape index (κ3) is 4.27. The summed E-state index contributed by atoms with van der Waals surface area (Å²) < 4.78 is 0. The lowest BCUT2D eigenvalue weighted by Gasteiger charge is -2.27. The smallest absolute Gasteiger partial charge is 0.222 e. The Balaban J connectivity index is 3.99. The van der Waals surface area contributed by atoms with Crippen LogP contribution in [0, 0.1) is 0 Å². The lowest BCUT2D eigenvalue weighted by atomic mass is 10.2. The summed E-state index contributed by atoms with van der Waals surface area (Å²) >= 11 is 0. The summed E-state index contributed by atoms with van der Waals surface area (Å²) in [5, 5.41) is 0. The van der Waals surface area contributed by atoms with Crippen LogP contribution in [-0.2, 0) is 4.79 Å². The van der Waals surface area contributed by atoms with E-state index in [-0.39, 0.29) is 5.91 Å². The first-order valence-corrected chi connectivity index (χ1v) is 5.16. The van der Waals surface area contributed by atoms with Crippen LogP contribution in [0.2, 0.25) is 0 Å². The minimum Gasteiger partial charge on any atom is -0.340 e. The highest BCUT2D eigenvalue weighted by Gasteiger charge is 2.15. The van der Waals surface area contributed by atoms with Gasteiger partial charge in [0.05, 0.1) is 0 Å². The van der Waals surface area contributed by atoms with Crippen LogP contribution in [0.1, 0.15) is 40.0 Å². The number of hydrogen-bond donors (Lipinski definition) is 1. The van der Waals surface area contributed by atoms with Gasteiger partial charge in [0.25, 0.3) is 0 Å². The quantitative estimate of drug-likeness (QED) is 0.681. The molecule has 0 aliphatic carbocycles. The van der Waals surface area contributed by atoms with Crippen molar-refractivity contribution in [1.82, 2.24) is 4.90 Å². The van der Waals surface area contributed by atoms with Gasteiger partial charge < -0.3 is 10.6 Å². The number of nitrogens with zero attached hydrogens (tertiary/aromatic N) is 1. The molecule has 78 valence electrons. The molecule has 0 aromatic rings. The molecule has 13 heavy (non-hydrogen) atoms. The molecule has 0 saturated carbocycles. The average Bonchev–Trinajstić information content (AvgIpc) is 2.15. The Labute approximate surface area is 81.3 Å². The molecular weight excluding hydrogens is 164 g/mol. The number of amides is 1. The highest BCUT2D eigenvalue weighted by Crippen LogP contribution is 2.06. The van der Waals surface area contributed by atoms with E-state index in [0.29, 0.717) is 19.0 Å². The molecule has 1 atom stereocenters. The van der Waals surface area contributed by atoms with Gasteiger partial charge in [0.2, 0.25) is 5.91 Å². The van der Waals surface area contributed by atoms with Crippen molar-refractivity contribution in [1.29, 1.82) is 0 Å². The van der Waals surface area contributed by atoms with Crippen LogP contribution in [0.5, 0.6) is 0 Å². The van der Waals surface area contributed by atoms with Crippen molar-refractivity contribution in [3.8, 4) is 0 Å². The van der Waals surface area contributed by atoms with Gasteiger partial charge in [-0.05, 0) is 33.2 Å². The third-order valence-electron chi connectivity index (χ3n) is 2.38. The average molecular weight is 186 g/mol. The van der Waals surface area contributed by atoms with Gasteiger partial charge in [0, 0.05) is 19.0 Å². The number of hydrogen-bond acceptors (Lipinski definition) is 2. The summed E-state index contributed by atoms with van der Waals surface area (Å²) in [5.41, 5.74) is 5.36. The molecule has 3 heteroatoms. The van der Waals surface area contributed by atoms with Crippen LogP contribution in [0.25, 0.3) is 0 Å². The maximum Gasteiger partial charge on any atom is 0.222 e. The summed E-state index contributed by atoms with van der Waals surface area (Å²) in [5.74, 6) is 0.238. The van der Waals surface area contributed by atoms with Gasteiger partial charge in [-0.3, -0.25) is 4.79 Å². The minimum absolute atomic E-state index is 0.238. The van der Waals surface area contributed by atoms with Crippen molar-refractivity contribution < 1.29 is 4.79 Å². The number of carbonyl (C=O) groups excluding carboxylic acids is 1. The van der Waals surface area contributed by atoms with Crippen molar-refractivity contribution in [2.24, 2.45) is 5.73 Å². The first kappa shape index (κ1) is 12.4.